The molecule has 2 heteroatoms. The van der Waals surface area contributed by atoms with Crippen LogP contribution in [0.2, 0.25) is 0 Å². The fourth-order valence-electron chi connectivity index (χ4n) is 1.36. The van der Waals surface area contributed by atoms with Crippen molar-refractivity contribution < 1.29 is 0 Å². The van der Waals surface area contributed by atoms with Gasteiger partial charge in [0.05, 0.1) is 0 Å². The van der Waals surface area contributed by atoms with Crippen molar-refractivity contribution in [3.05, 3.63) is 41.7 Å². The van der Waals surface area contributed by atoms with Crippen LogP contribution in [0.4, 0.5) is 0 Å². The van der Waals surface area contributed by atoms with Gasteiger partial charge in [-0.2, -0.15) is 0 Å². The molecule has 0 aliphatic carbocycles. The summed E-state index contributed by atoms with van der Waals surface area (Å²) in [7, 11) is 0. The predicted molar refractivity (Wildman–Crippen MR) is 59.7 cm³/mol. The second-order valence-corrected chi connectivity index (χ2v) is 3.26. The highest BCUT2D eigenvalue weighted by atomic mass is 14.7. The van der Waals surface area contributed by atoms with Gasteiger partial charge in [-0.15, -0.1) is 0 Å². The van der Waals surface area contributed by atoms with Crippen molar-refractivity contribution in [2.75, 3.05) is 0 Å². The third kappa shape index (κ3) is 3.13. The highest BCUT2D eigenvalue weighted by Crippen LogP contribution is 2.08. The SMILES string of the molecule is C/C=C(/CCc1ccccn1)C(C)=N. The van der Waals surface area contributed by atoms with E-state index in [0.29, 0.717) is 5.71 Å². The largest absolute Gasteiger partial charge is 0.305 e. The molecule has 1 heterocycles. The minimum absolute atomic E-state index is 0.656. The van der Waals surface area contributed by atoms with Crippen molar-refractivity contribution in [2.24, 2.45) is 0 Å². The molecule has 0 aromatic carbocycles. The fraction of sp³-hybridized carbons (Fsp3) is 0.333. The van der Waals surface area contributed by atoms with Crippen LogP contribution in [0.1, 0.15) is 26.0 Å². The van der Waals surface area contributed by atoms with Gasteiger partial charge in [0.1, 0.15) is 0 Å². The standard InChI is InChI=1S/C12H16N2/c1-3-11(10(2)13)7-8-12-6-4-5-9-14-12/h3-6,9,13H,7-8H2,1-2H3/b11-3-,13-10?. The molecule has 1 aromatic heterocycles. The first kappa shape index (κ1) is 10.6. The second-order valence-electron chi connectivity index (χ2n) is 3.26. The van der Waals surface area contributed by atoms with Gasteiger partial charge in [-0.1, -0.05) is 12.1 Å². The number of hydrogen-bond donors (Lipinski definition) is 1. The van der Waals surface area contributed by atoms with Crippen LogP contribution in [-0.4, -0.2) is 10.7 Å². The lowest BCUT2D eigenvalue weighted by Crippen LogP contribution is -1.98. The number of nitrogens with zero attached hydrogens (tertiary/aromatic N) is 1. The lowest BCUT2D eigenvalue weighted by atomic mass is 10.0. The number of aromatic nitrogens is 1. The number of rotatable bonds is 4. The predicted octanol–water partition coefficient (Wildman–Crippen LogP) is 3.00. The Hall–Kier alpha value is -1.44. The minimum Gasteiger partial charge on any atom is -0.305 e. The Kier molecular flexibility index (Phi) is 4.05. The maximum absolute atomic E-state index is 7.53. The average molecular weight is 188 g/mol. The van der Waals surface area contributed by atoms with E-state index in [0.717, 1.165) is 24.1 Å². The van der Waals surface area contributed by atoms with Gasteiger partial charge in [-0.3, -0.25) is 4.98 Å². The summed E-state index contributed by atoms with van der Waals surface area (Å²) >= 11 is 0. The van der Waals surface area contributed by atoms with Gasteiger partial charge in [0, 0.05) is 17.6 Å². The number of pyridine rings is 1. The normalized spacial score (nSPS) is 11.4. The van der Waals surface area contributed by atoms with Gasteiger partial charge in [0.15, 0.2) is 0 Å². The fourth-order valence-corrected chi connectivity index (χ4v) is 1.36. The van der Waals surface area contributed by atoms with Crippen molar-refractivity contribution in [3.63, 3.8) is 0 Å². The molecule has 0 atom stereocenters. The maximum atomic E-state index is 7.53. The van der Waals surface area contributed by atoms with Crippen LogP contribution in [0.25, 0.3) is 0 Å². The van der Waals surface area contributed by atoms with Crippen LogP contribution >= 0.6 is 0 Å². The molecule has 0 spiro atoms. The number of hydrogen-bond acceptors (Lipinski definition) is 2. The van der Waals surface area contributed by atoms with Crippen LogP contribution < -0.4 is 0 Å². The summed E-state index contributed by atoms with van der Waals surface area (Å²) in [6.07, 6.45) is 5.63. The molecule has 0 radical (unpaired) electrons. The minimum atomic E-state index is 0.656. The molecule has 1 aromatic rings. The van der Waals surface area contributed by atoms with Crippen molar-refractivity contribution in [3.8, 4) is 0 Å². The summed E-state index contributed by atoms with van der Waals surface area (Å²) in [6.45, 7) is 3.81. The van der Waals surface area contributed by atoms with E-state index in [2.05, 4.69) is 4.98 Å². The molecule has 0 bridgehead atoms. The molecular weight excluding hydrogens is 172 g/mol. The first-order valence-corrected chi connectivity index (χ1v) is 4.84. The first-order valence-electron chi connectivity index (χ1n) is 4.84. The van der Waals surface area contributed by atoms with Gasteiger partial charge in [-0.25, -0.2) is 0 Å². The van der Waals surface area contributed by atoms with Gasteiger partial charge >= 0.3 is 0 Å². The molecule has 0 unspecified atom stereocenters. The third-order valence-corrected chi connectivity index (χ3v) is 2.21. The Morgan fingerprint density at radius 1 is 1.50 bits per heavy atom. The number of allylic oxidation sites excluding steroid dienone is 2. The quantitative estimate of drug-likeness (QED) is 0.724. The van der Waals surface area contributed by atoms with E-state index in [1.807, 2.05) is 44.3 Å². The molecule has 2 nitrogen and oxygen atoms in total. The Labute approximate surface area is 85.2 Å². The van der Waals surface area contributed by atoms with E-state index < -0.39 is 0 Å². The molecule has 0 saturated carbocycles. The van der Waals surface area contributed by atoms with E-state index >= 15 is 0 Å². The number of aryl methyl sites for hydroxylation is 1. The summed E-state index contributed by atoms with van der Waals surface area (Å²) in [4.78, 5) is 4.25. The van der Waals surface area contributed by atoms with E-state index in [4.69, 9.17) is 5.41 Å². The van der Waals surface area contributed by atoms with Gasteiger partial charge < -0.3 is 5.41 Å². The molecule has 1 rings (SSSR count). The van der Waals surface area contributed by atoms with E-state index in [-0.39, 0.29) is 0 Å². The first-order chi connectivity index (χ1) is 6.74. The molecule has 0 fully saturated rings. The highest BCUT2D eigenvalue weighted by molar-refractivity contribution is 5.95. The highest BCUT2D eigenvalue weighted by Gasteiger charge is 2.00. The van der Waals surface area contributed by atoms with Crippen LogP contribution in [0, 0.1) is 5.41 Å². The van der Waals surface area contributed by atoms with Crippen LogP contribution in [-0.2, 0) is 6.42 Å². The molecule has 0 aliphatic rings. The molecule has 0 saturated heterocycles. The Bertz CT molecular complexity index is 325. The van der Waals surface area contributed by atoms with Crippen LogP contribution in [0.5, 0.6) is 0 Å². The molecule has 0 amide bonds. The van der Waals surface area contributed by atoms with E-state index in [1.54, 1.807) is 0 Å². The zero-order chi connectivity index (χ0) is 10.4. The second kappa shape index (κ2) is 5.32. The molecule has 1 N–H and O–H groups in total. The van der Waals surface area contributed by atoms with Crippen molar-refractivity contribution in [2.45, 2.75) is 26.7 Å². The summed E-state index contributed by atoms with van der Waals surface area (Å²) in [5.74, 6) is 0. The van der Waals surface area contributed by atoms with E-state index in [9.17, 15) is 0 Å². The smallest absolute Gasteiger partial charge is 0.0406 e. The monoisotopic (exact) mass is 188 g/mol. The van der Waals surface area contributed by atoms with Crippen LogP contribution in [0.3, 0.4) is 0 Å². The van der Waals surface area contributed by atoms with E-state index in [1.165, 1.54) is 0 Å². The maximum Gasteiger partial charge on any atom is 0.0406 e. The van der Waals surface area contributed by atoms with Gasteiger partial charge in [0.2, 0.25) is 0 Å². The summed E-state index contributed by atoms with van der Waals surface area (Å²) < 4.78 is 0. The molecule has 14 heavy (non-hydrogen) atoms. The van der Waals surface area contributed by atoms with Gasteiger partial charge in [0.25, 0.3) is 0 Å². The summed E-state index contributed by atoms with van der Waals surface area (Å²) in [5, 5.41) is 7.53. The Morgan fingerprint density at radius 2 is 2.29 bits per heavy atom. The average Bonchev–Trinajstić information content (AvgIpc) is 2.20. The zero-order valence-electron chi connectivity index (χ0n) is 8.75. The van der Waals surface area contributed by atoms with Crippen molar-refractivity contribution in [1.29, 1.82) is 5.41 Å². The Balaban J connectivity index is 2.53. The molecule has 74 valence electrons. The van der Waals surface area contributed by atoms with Gasteiger partial charge in [-0.05, 0) is 44.4 Å². The van der Waals surface area contributed by atoms with Crippen molar-refractivity contribution >= 4 is 5.71 Å². The lowest BCUT2D eigenvalue weighted by Gasteiger charge is -2.04. The zero-order valence-corrected chi connectivity index (χ0v) is 8.75. The summed E-state index contributed by atoms with van der Waals surface area (Å²) in [5.41, 5.74) is 2.85. The molecule has 0 aliphatic heterocycles. The van der Waals surface area contributed by atoms with Crippen LogP contribution in [0.15, 0.2) is 36.0 Å². The molecular formula is C12H16N2. The third-order valence-electron chi connectivity index (χ3n) is 2.21. The number of nitrogens with one attached hydrogen (secondary N) is 1. The topological polar surface area (TPSA) is 36.7 Å². The summed E-state index contributed by atoms with van der Waals surface area (Å²) in [6, 6.07) is 5.93. The van der Waals surface area contributed by atoms with Crippen molar-refractivity contribution in [1.82, 2.24) is 4.98 Å². The Morgan fingerprint density at radius 3 is 2.79 bits per heavy atom. The lowest BCUT2D eigenvalue weighted by molar-refractivity contribution is 0.921.